The molecule has 0 saturated carbocycles. The van der Waals surface area contributed by atoms with E-state index in [0.29, 0.717) is 0 Å². The number of fused-ring (bicyclic) bond motifs is 1. The van der Waals surface area contributed by atoms with Crippen LogP contribution in [-0.2, 0) is 16.6 Å². The maximum atomic E-state index is 12.3. The number of rotatable bonds is 4. The Hall–Kier alpha value is -2.31. The Morgan fingerprint density at radius 3 is 2.55 bits per heavy atom. The standard InChI is InChI=1S/C16H15N3O2S/c1-12-3-2-4-14(9-12)22(20,21)19-11-13-5-6-15-16(10-13)18-8-7-17-15/h2-10,19H,11H2,1H3. The first-order valence-corrected chi connectivity index (χ1v) is 8.29. The van der Waals surface area contributed by atoms with Gasteiger partial charge in [-0.2, -0.15) is 0 Å². The van der Waals surface area contributed by atoms with Crippen molar-refractivity contribution in [2.75, 3.05) is 0 Å². The first-order valence-electron chi connectivity index (χ1n) is 6.81. The molecule has 0 aliphatic heterocycles. The van der Waals surface area contributed by atoms with E-state index in [1.54, 1.807) is 30.6 Å². The monoisotopic (exact) mass is 313 g/mol. The quantitative estimate of drug-likeness (QED) is 0.803. The third kappa shape index (κ3) is 3.13. The van der Waals surface area contributed by atoms with E-state index in [1.165, 1.54) is 0 Å². The van der Waals surface area contributed by atoms with Crippen LogP contribution in [0.25, 0.3) is 11.0 Å². The predicted molar refractivity (Wildman–Crippen MR) is 84.7 cm³/mol. The van der Waals surface area contributed by atoms with Crippen molar-refractivity contribution in [1.82, 2.24) is 14.7 Å². The number of benzene rings is 2. The van der Waals surface area contributed by atoms with Crippen LogP contribution in [0.4, 0.5) is 0 Å². The molecule has 0 bridgehead atoms. The molecule has 3 rings (SSSR count). The summed E-state index contributed by atoms with van der Waals surface area (Å²) in [5, 5.41) is 0. The molecule has 1 N–H and O–H groups in total. The van der Waals surface area contributed by atoms with Crippen LogP contribution >= 0.6 is 0 Å². The van der Waals surface area contributed by atoms with Crippen LogP contribution in [0.15, 0.2) is 59.8 Å². The Balaban J connectivity index is 1.81. The number of hydrogen-bond acceptors (Lipinski definition) is 4. The smallest absolute Gasteiger partial charge is 0.240 e. The van der Waals surface area contributed by atoms with Crippen molar-refractivity contribution in [3.8, 4) is 0 Å². The Kier molecular flexibility index (Phi) is 3.87. The van der Waals surface area contributed by atoms with Gasteiger partial charge in [-0.05, 0) is 42.3 Å². The molecule has 0 atom stereocenters. The largest absolute Gasteiger partial charge is 0.253 e. The van der Waals surface area contributed by atoms with Gasteiger partial charge in [0.25, 0.3) is 0 Å². The minimum atomic E-state index is -3.52. The maximum Gasteiger partial charge on any atom is 0.240 e. The first-order chi connectivity index (χ1) is 10.5. The summed E-state index contributed by atoms with van der Waals surface area (Å²) in [7, 11) is -3.52. The molecule has 22 heavy (non-hydrogen) atoms. The van der Waals surface area contributed by atoms with E-state index in [4.69, 9.17) is 0 Å². The van der Waals surface area contributed by atoms with Crippen molar-refractivity contribution < 1.29 is 8.42 Å². The van der Waals surface area contributed by atoms with Gasteiger partial charge in [-0.25, -0.2) is 13.1 Å². The van der Waals surface area contributed by atoms with Gasteiger partial charge in [0, 0.05) is 18.9 Å². The van der Waals surface area contributed by atoms with Gasteiger partial charge < -0.3 is 0 Å². The molecule has 112 valence electrons. The zero-order chi connectivity index (χ0) is 15.6. The Morgan fingerprint density at radius 2 is 1.77 bits per heavy atom. The lowest BCUT2D eigenvalue weighted by Crippen LogP contribution is -2.23. The van der Waals surface area contributed by atoms with Crippen molar-refractivity contribution in [2.24, 2.45) is 0 Å². The van der Waals surface area contributed by atoms with Gasteiger partial charge >= 0.3 is 0 Å². The number of nitrogens with one attached hydrogen (secondary N) is 1. The van der Waals surface area contributed by atoms with Crippen molar-refractivity contribution in [3.05, 3.63) is 66.0 Å². The highest BCUT2D eigenvalue weighted by molar-refractivity contribution is 7.89. The van der Waals surface area contributed by atoms with E-state index >= 15 is 0 Å². The molecule has 0 spiro atoms. The molecule has 2 aromatic carbocycles. The first kappa shape index (κ1) is 14.6. The lowest BCUT2D eigenvalue weighted by atomic mass is 10.2. The summed E-state index contributed by atoms with van der Waals surface area (Å²) in [6.45, 7) is 2.07. The molecule has 0 aliphatic carbocycles. The topological polar surface area (TPSA) is 72.0 Å². The van der Waals surface area contributed by atoms with E-state index in [2.05, 4.69) is 14.7 Å². The third-order valence-electron chi connectivity index (χ3n) is 3.30. The molecular weight excluding hydrogens is 298 g/mol. The fourth-order valence-corrected chi connectivity index (χ4v) is 3.29. The van der Waals surface area contributed by atoms with Crippen molar-refractivity contribution >= 4 is 21.1 Å². The Labute approximate surface area is 129 Å². The number of aryl methyl sites for hydroxylation is 1. The zero-order valence-corrected chi connectivity index (χ0v) is 12.8. The van der Waals surface area contributed by atoms with Crippen LogP contribution in [0, 0.1) is 6.92 Å². The molecule has 0 radical (unpaired) electrons. The fraction of sp³-hybridized carbons (Fsp3) is 0.125. The minimum Gasteiger partial charge on any atom is -0.253 e. The van der Waals surface area contributed by atoms with Crippen LogP contribution in [-0.4, -0.2) is 18.4 Å². The molecule has 1 heterocycles. The zero-order valence-electron chi connectivity index (χ0n) is 12.0. The van der Waals surface area contributed by atoms with Gasteiger partial charge in [-0.15, -0.1) is 0 Å². The molecule has 6 heteroatoms. The summed E-state index contributed by atoms with van der Waals surface area (Å²) in [5.74, 6) is 0. The highest BCUT2D eigenvalue weighted by Crippen LogP contribution is 2.14. The summed E-state index contributed by atoms with van der Waals surface area (Å²) in [6, 6.07) is 12.3. The lowest BCUT2D eigenvalue weighted by Gasteiger charge is -2.08. The van der Waals surface area contributed by atoms with Gasteiger partial charge in [-0.3, -0.25) is 9.97 Å². The second-order valence-electron chi connectivity index (χ2n) is 5.02. The Bertz CT molecular complexity index is 923. The van der Waals surface area contributed by atoms with E-state index < -0.39 is 10.0 Å². The van der Waals surface area contributed by atoms with Crippen LogP contribution < -0.4 is 4.72 Å². The molecule has 0 aliphatic rings. The fourth-order valence-electron chi connectivity index (χ4n) is 2.16. The molecule has 1 aromatic heterocycles. The molecule has 3 aromatic rings. The number of aromatic nitrogens is 2. The molecule has 5 nitrogen and oxygen atoms in total. The van der Waals surface area contributed by atoms with Gasteiger partial charge in [0.1, 0.15) is 0 Å². The average Bonchev–Trinajstić information content (AvgIpc) is 2.53. The summed E-state index contributed by atoms with van der Waals surface area (Å²) >= 11 is 0. The highest BCUT2D eigenvalue weighted by Gasteiger charge is 2.13. The summed E-state index contributed by atoms with van der Waals surface area (Å²) in [4.78, 5) is 8.68. The van der Waals surface area contributed by atoms with Crippen LogP contribution in [0.2, 0.25) is 0 Å². The Morgan fingerprint density at radius 1 is 1.00 bits per heavy atom. The van der Waals surface area contributed by atoms with Crippen LogP contribution in [0.3, 0.4) is 0 Å². The second-order valence-corrected chi connectivity index (χ2v) is 6.79. The number of nitrogens with zero attached hydrogens (tertiary/aromatic N) is 2. The lowest BCUT2D eigenvalue weighted by molar-refractivity contribution is 0.581. The third-order valence-corrected chi connectivity index (χ3v) is 4.70. The molecule has 0 fully saturated rings. The van der Waals surface area contributed by atoms with E-state index in [1.807, 2.05) is 31.2 Å². The SMILES string of the molecule is Cc1cccc(S(=O)(=O)NCc2ccc3nccnc3c2)c1. The van der Waals surface area contributed by atoms with Crippen molar-refractivity contribution in [2.45, 2.75) is 18.4 Å². The van der Waals surface area contributed by atoms with E-state index in [0.717, 1.165) is 22.2 Å². The van der Waals surface area contributed by atoms with Gasteiger partial charge in [0.15, 0.2) is 0 Å². The van der Waals surface area contributed by atoms with Gasteiger partial charge in [0.05, 0.1) is 15.9 Å². The summed E-state index contributed by atoms with van der Waals surface area (Å²) in [5.41, 5.74) is 3.27. The summed E-state index contributed by atoms with van der Waals surface area (Å²) < 4.78 is 27.2. The highest BCUT2D eigenvalue weighted by atomic mass is 32.2. The normalized spacial score (nSPS) is 11.7. The van der Waals surface area contributed by atoms with E-state index in [9.17, 15) is 8.42 Å². The minimum absolute atomic E-state index is 0.211. The van der Waals surface area contributed by atoms with Crippen LogP contribution in [0.5, 0.6) is 0 Å². The van der Waals surface area contributed by atoms with Crippen molar-refractivity contribution in [1.29, 1.82) is 0 Å². The number of hydrogen-bond donors (Lipinski definition) is 1. The number of sulfonamides is 1. The molecule has 0 saturated heterocycles. The van der Waals surface area contributed by atoms with Crippen molar-refractivity contribution in [3.63, 3.8) is 0 Å². The average molecular weight is 313 g/mol. The molecular formula is C16H15N3O2S. The predicted octanol–water partition coefficient (Wildman–Crippen LogP) is 2.42. The second kappa shape index (κ2) is 5.82. The maximum absolute atomic E-state index is 12.3. The summed E-state index contributed by atoms with van der Waals surface area (Å²) in [6.07, 6.45) is 3.24. The van der Waals surface area contributed by atoms with Gasteiger partial charge in [-0.1, -0.05) is 18.2 Å². The molecule has 0 unspecified atom stereocenters. The van der Waals surface area contributed by atoms with Crippen LogP contribution in [0.1, 0.15) is 11.1 Å². The molecule has 0 amide bonds. The van der Waals surface area contributed by atoms with Gasteiger partial charge in [0.2, 0.25) is 10.0 Å². The van der Waals surface area contributed by atoms with E-state index in [-0.39, 0.29) is 11.4 Å².